The van der Waals surface area contributed by atoms with Crippen molar-refractivity contribution in [1.29, 1.82) is 0 Å². The first-order valence-electron chi connectivity index (χ1n) is 17.9. The zero-order valence-electron chi connectivity index (χ0n) is 28.4. The van der Waals surface area contributed by atoms with Crippen LogP contribution in [0.15, 0.2) is 187 Å². The minimum atomic E-state index is -0.287. The third-order valence-corrected chi connectivity index (χ3v) is 11.5. The first-order chi connectivity index (χ1) is 25.1. The third-order valence-electron chi connectivity index (χ3n) is 11.5. The number of nitrogens with zero attached hydrogens (tertiary/aromatic N) is 2. The molecule has 4 aliphatic rings. The lowest BCUT2D eigenvalue weighted by Crippen LogP contribution is -2.38. The predicted octanol–water partition coefficient (Wildman–Crippen LogP) is 11.4. The number of benzene rings is 5. The van der Waals surface area contributed by atoms with Gasteiger partial charge in [0.25, 0.3) is 0 Å². The second-order valence-electron chi connectivity index (χ2n) is 14.3. The Morgan fingerprint density at radius 2 is 1.35 bits per heavy atom. The largest absolute Gasteiger partial charge is 0.284 e. The molecule has 1 aliphatic heterocycles. The van der Waals surface area contributed by atoms with Crippen LogP contribution in [0.1, 0.15) is 40.4 Å². The number of hydrogen-bond acceptors (Lipinski definition) is 2. The summed E-state index contributed by atoms with van der Waals surface area (Å²) >= 11 is 0. The Labute approximate surface area is 298 Å². The number of aliphatic imine (C=N–C) groups is 1. The number of dihydropyridines is 1. The van der Waals surface area contributed by atoms with E-state index in [0.29, 0.717) is 0 Å². The molecule has 0 saturated heterocycles. The summed E-state index contributed by atoms with van der Waals surface area (Å²) in [6.45, 7) is 2.44. The Morgan fingerprint density at radius 1 is 0.627 bits per heavy atom. The summed E-state index contributed by atoms with van der Waals surface area (Å²) in [4.78, 5) is 9.78. The van der Waals surface area contributed by atoms with Crippen LogP contribution < -0.4 is 0 Å². The maximum Gasteiger partial charge on any atom is 0.0780 e. The summed E-state index contributed by atoms with van der Waals surface area (Å²) < 4.78 is 0. The van der Waals surface area contributed by atoms with E-state index in [4.69, 9.17) is 9.98 Å². The molecule has 2 nitrogen and oxygen atoms in total. The van der Waals surface area contributed by atoms with Crippen LogP contribution in [0.4, 0.5) is 0 Å². The molecule has 51 heavy (non-hydrogen) atoms. The van der Waals surface area contributed by atoms with Crippen LogP contribution in [-0.4, -0.2) is 17.2 Å². The normalized spacial score (nSPS) is 23.1. The average molecular weight is 653 g/mol. The second-order valence-corrected chi connectivity index (χ2v) is 14.3. The van der Waals surface area contributed by atoms with Gasteiger partial charge in [0, 0.05) is 40.8 Å². The van der Waals surface area contributed by atoms with Gasteiger partial charge in [-0.2, -0.15) is 0 Å². The molecule has 2 heteroatoms. The minimum Gasteiger partial charge on any atom is -0.284 e. The fourth-order valence-corrected chi connectivity index (χ4v) is 8.73. The number of fused-ring (bicyclic) bond motifs is 5. The zero-order chi connectivity index (χ0) is 33.9. The standard InChI is InChI=1S/C49H36N2/c1-49(41-23-20-33-11-3-5-13-35(33)28-41)44-16-8-7-15-42(44)48(38-19-18-32-10-2-4-12-34(32)26-38)43-29-36(21-24-45(43)49)39-22-25-47(50-30-39)40-27-37-14-6-9-17-46(37)51-31-40/h2-31,37,45-46H,1H3. The highest BCUT2D eigenvalue weighted by atomic mass is 14.8. The minimum absolute atomic E-state index is 0.125. The topological polar surface area (TPSA) is 25.2 Å². The Hall–Kier alpha value is -6.12. The Morgan fingerprint density at radius 3 is 2.18 bits per heavy atom. The smallest absolute Gasteiger partial charge is 0.0780 e. The van der Waals surface area contributed by atoms with E-state index < -0.39 is 0 Å². The van der Waals surface area contributed by atoms with Gasteiger partial charge in [0.05, 0.1) is 11.7 Å². The fraction of sp³-hybridized carbons (Fsp3) is 0.102. The van der Waals surface area contributed by atoms with Crippen LogP contribution in [0.2, 0.25) is 0 Å². The lowest BCUT2D eigenvalue weighted by Gasteiger charge is -2.45. The summed E-state index contributed by atoms with van der Waals surface area (Å²) in [5, 5.41) is 5.04. The van der Waals surface area contributed by atoms with Gasteiger partial charge < -0.3 is 0 Å². The van der Waals surface area contributed by atoms with E-state index in [1.165, 1.54) is 60.5 Å². The molecular weight excluding hydrogens is 617 g/mol. The monoisotopic (exact) mass is 652 g/mol. The lowest BCUT2D eigenvalue weighted by molar-refractivity contribution is 0.463. The van der Waals surface area contributed by atoms with Crippen molar-refractivity contribution in [2.45, 2.75) is 18.4 Å². The van der Waals surface area contributed by atoms with Crippen LogP contribution in [0.3, 0.4) is 0 Å². The summed E-state index contributed by atoms with van der Waals surface area (Å²) in [5.41, 5.74) is 11.9. The van der Waals surface area contributed by atoms with Crippen molar-refractivity contribution in [1.82, 2.24) is 4.98 Å². The molecule has 0 radical (unpaired) electrons. The predicted molar refractivity (Wildman–Crippen MR) is 214 cm³/mol. The SMILES string of the molecule is CC1(c2ccc3ccccc3c2)c2ccccc2C(c2ccc3ccccc3c2)=C2C=C(c3ccc(C4=CC5C=CC=CC5N=C4)nc3)C=CC21. The molecule has 0 bridgehead atoms. The molecule has 0 spiro atoms. The summed E-state index contributed by atoms with van der Waals surface area (Å²) in [6.07, 6.45) is 22.1. The van der Waals surface area contributed by atoms with Gasteiger partial charge >= 0.3 is 0 Å². The molecule has 0 amide bonds. The van der Waals surface area contributed by atoms with Crippen molar-refractivity contribution in [3.05, 3.63) is 215 Å². The van der Waals surface area contributed by atoms with Crippen LogP contribution in [-0.2, 0) is 5.41 Å². The highest BCUT2D eigenvalue weighted by molar-refractivity contribution is 6.10. The van der Waals surface area contributed by atoms with Crippen molar-refractivity contribution >= 4 is 44.5 Å². The van der Waals surface area contributed by atoms with Gasteiger partial charge in [0.2, 0.25) is 0 Å². The average Bonchev–Trinajstić information content (AvgIpc) is 3.20. The molecule has 1 aromatic heterocycles. The molecule has 4 atom stereocenters. The molecule has 6 aromatic rings. The van der Waals surface area contributed by atoms with Crippen molar-refractivity contribution in [2.24, 2.45) is 16.8 Å². The highest BCUT2D eigenvalue weighted by Crippen LogP contribution is 2.55. The lowest BCUT2D eigenvalue weighted by atomic mass is 9.57. The van der Waals surface area contributed by atoms with Crippen LogP contribution in [0.5, 0.6) is 0 Å². The first-order valence-corrected chi connectivity index (χ1v) is 17.9. The Bertz CT molecular complexity index is 2610. The summed E-state index contributed by atoms with van der Waals surface area (Å²) in [6, 6.07) is 45.0. The van der Waals surface area contributed by atoms with Gasteiger partial charge in [-0.1, -0.05) is 159 Å². The molecule has 0 fully saturated rings. The molecule has 242 valence electrons. The van der Waals surface area contributed by atoms with Crippen LogP contribution in [0.25, 0.3) is 38.3 Å². The van der Waals surface area contributed by atoms with Gasteiger partial charge in [-0.25, -0.2) is 0 Å². The van der Waals surface area contributed by atoms with E-state index in [-0.39, 0.29) is 23.3 Å². The molecule has 5 aromatic carbocycles. The Kier molecular flexibility index (Phi) is 6.86. The van der Waals surface area contributed by atoms with Gasteiger partial charge in [0.15, 0.2) is 0 Å². The molecule has 0 N–H and O–H groups in total. The van der Waals surface area contributed by atoms with Gasteiger partial charge in [0.1, 0.15) is 0 Å². The second kappa shape index (κ2) is 11.7. The number of pyridine rings is 1. The van der Waals surface area contributed by atoms with Gasteiger partial charge in [-0.3, -0.25) is 9.98 Å². The number of aromatic nitrogens is 1. The summed E-state index contributed by atoms with van der Waals surface area (Å²) in [7, 11) is 0. The fourth-order valence-electron chi connectivity index (χ4n) is 8.73. The number of allylic oxidation sites excluding steroid dienone is 8. The maximum atomic E-state index is 4.98. The molecule has 0 saturated carbocycles. The van der Waals surface area contributed by atoms with E-state index in [0.717, 1.165) is 16.8 Å². The van der Waals surface area contributed by atoms with Crippen molar-refractivity contribution in [3.8, 4) is 0 Å². The van der Waals surface area contributed by atoms with E-state index in [9.17, 15) is 0 Å². The van der Waals surface area contributed by atoms with Gasteiger partial charge in [-0.15, -0.1) is 0 Å². The van der Waals surface area contributed by atoms with Crippen LogP contribution in [0, 0.1) is 11.8 Å². The molecule has 4 unspecified atom stereocenters. The van der Waals surface area contributed by atoms with Crippen LogP contribution >= 0.6 is 0 Å². The van der Waals surface area contributed by atoms with Crippen molar-refractivity contribution in [3.63, 3.8) is 0 Å². The van der Waals surface area contributed by atoms with E-state index in [1.54, 1.807) is 0 Å². The van der Waals surface area contributed by atoms with E-state index in [2.05, 4.69) is 177 Å². The summed E-state index contributed by atoms with van der Waals surface area (Å²) in [5.74, 6) is 0.407. The van der Waals surface area contributed by atoms with Crippen molar-refractivity contribution < 1.29 is 0 Å². The molecule has 3 aliphatic carbocycles. The van der Waals surface area contributed by atoms with Gasteiger partial charge in [-0.05, 0) is 78.7 Å². The number of rotatable bonds is 4. The van der Waals surface area contributed by atoms with E-state index >= 15 is 0 Å². The number of hydrogen-bond donors (Lipinski definition) is 0. The molecular formula is C49H36N2. The third kappa shape index (κ3) is 4.86. The molecule has 2 heterocycles. The van der Waals surface area contributed by atoms with Crippen molar-refractivity contribution in [2.75, 3.05) is 0 Å². The highest BCUT2D eigenvalue weighted by Gasteiger charge is 2.45. The first kappa shape index (κ1) is 29.8. The quantitative estimate of drug-likeness (QED) is 0.186. The molecule has 10 rings (SSSR count). The maximum absolute atomic E-state index is 4.98. The van der Waals surface area contributed by atoms with E-state index in [1.807, 2.05) is 12.4 Å². The Balaban J connectivity index is 1.14. The zero-order valence-corrected chi connectivity index (χ0v) is 28.4.